The van der Waals surface area contributed by atoms with E-state index in [0.717, 1.165) is 6.61 Å². The van der Waals surface area contributed by atoms with Crippen LogP contribution >= 0.6 is 0 Å². The molecule has 0 aromatic carbocycles. The summed E-state index contributed by atoms with van der Waals surface area (Å²) in [6.45, 7) is 5.57. The van der Waals surface area contributed by atoms with Crippen LogP contribution in [0.3, 0.4) is 0 Å². The standard InChI is InChI=1S/C7H13NO/c1-2-6-7(5-9-6)3-8-4-7/h6,8H,2-5H2,1H3. The van der Waals surface area contributed by atoms with E-state index in [1.54, 1.807) is 0 Å². The van der Waals surface area contributed by atoms with Crippen molar-refractivity contribution in [1.82, 2.24) is 5.32 Å². The number of hydrogen-bond acceptors (Lipinski definition) is 2. The van der Waals surface area contributed by atoms with E-state index in [2.05, 4.69) is 12.2 Å². The predicted molar refractivity (Wildman–Crippen MR) is 35.3 cm³/mol. The maximum absolute atomic E-state index is 5.40. The molecule has 0 saturated carbocycles. The molecule has 1 N–H and O–H groups in total. The van der Waals surface area contributed by atoms with Crippen molar-refractivity contribution in [3.8, 4) is 0 Å². The lowest BCUT2D eigenvalue weighted by molar-refractivity contribution is -0.209. The molecule has 2 fully saturated rings. The highest BCUT2D eigenvalue weighted by atomic mass is 16.5. The lowest BCUT2D eigenvalue weighted by atomic mass is 9.72. The largest absolute Gasteiger partial charge is 0.377 e. The van der Waals surface area contributed by atoms with Gasteiger partial charge in [-0.15, -0.1) is 0 Å². The topological polar surface area (TPSA) is 21.3 Å². The zero-order chi connectivity index (χ0) is 6.32. The first-order valence-corrected chi connectivity index (χ1v) is 3.70. The molecule has 0 aliphatic carbocycles. The Morgan fingerprint density at radius 2 is 2.44 bits per heavy atom. The SMILES string of the molecule is CCC1OCC12CNC2. The minimum absolute atomic E-state index is 0.568. The van der Waals surface area contributed by atoms with E-state index in [0.29, 0.717) is 11.5 Å². The van der Waals surface area contributed by atoms with Gasteiger partial charge in [-0.2, -0.15) is 0 Å². The maximum Gasteiger partial charge on any atom is 0.0675 e. The number of rotatable bonds is 1. The normalized spacial score (nSPS) is 37.7. The fraction of sp³-hybridized carbons (Fsp3) is 1.00. The van der Waals surface area contributed by atoms with Gasteiger partial charge in [0.1, 0.15) is 0 Å². The molecule has 2 aliphatic rings. The summed E-state index contributed by atoms with van der Waals surface area (Å²) in [5, 5.41) is 3.29. The average molecular weight is 127 g/mol. The zero-order valence-electron chi connectivity index (χ0n) is 5.81. The monoisotopic (exact) mass is 127 g/mol. The molecule has 0 aromatic rings. The van der Waals surface area contributed by atoms with Crippen molar-refractivity contribution >= 4 is 0 Å². The molecule has 2 rings (SSSR count). The van der Waals surface area contributed by atoms with Gasteiger partial charge in [-0.05, 0) is 6.42 Å². The fourth-order valence-electron chi connectivity index (χ4n) is 1.76. The quantitative estimate of drug-likeness (QED) is 0.550. The van der Waals surface area contributed by atoms with Crippen LogP contribution in [0.15, 0.2) is 0 Å². The van der Waals surface area contributed by atoms with Gasteiger partial charge in [0.15, 0.2) is 0 Å². The lowest BCUT2D eigenvalue weighted by Gasteiger charge is -2.55. The van der Waals surface area contributed by atoms with Crippen LogP contribution in [-0.4, -0.2) is 25.8 Å². The Labute approximate surface area is 55.6 Å². The second-order valence-corrected chi connectivity index (χ2v) is 3.17. The molecule has 1 spiro atoms. The van der Waals surface area contributed by atoms with E-state index in [1.807, 2.05) is 0 Å². The van der Waals surface area contributed by atoms with Crippen molar-refractivity contribution < 1.29 is 4.74 Å². The molecule has 2 aliphatic heterocycles. The highest BCUT2D eigenvalue weighted by molar-refractivity contribution is 5.03. The van der Waals surface area contributed by atoms with Crippen molar-refractivity contribution in [2.75, 3.05) is 19.7 Å². The molecule has 0 aromatic heterocycles. The van der Waals surface area contributed by atoms with Gasteiger partial charge in [0, 0.05) is 18.5 Å². The molecule has 0 bridgehead atoms. The van der Waals surface area contributed by atoms with E-state index >= 15 is 0 Å². The van der Waals surface area contributed by atoms with Crippen LogP contribution in [0.4, 0.5) is 0 Å². The molecule has 2 saturated heterocycles. The molecule has 0 amide bonds. The molecule has 2 heterocycles. The van der Waals surface area contributed by atoms with Crippen LogP contribution < -0.4 is 5.32 Å². The molecule has 52 valence electrons. The first-order valence-electron chi connectivity index (χ1n) is 3.70. The zero-order valence-corrected chi connectivity index (χ0v) is 5.81. The minimum atomic E-state index is 0.568. The first kappa shape index (κ1) is 5.69. The Kier molecular flexibility index (Phi) is 1.08. The molecule has 2 nitrogen and oxygen atoms in total. The average Bonchev–Trinajstić information content (AvgIpc) is 1.59. The summed E-state index contributed by atoms with van der Waals surface area (Å²) >= 11 is 0. The van der Waals surface area contributed by atoms with Gasteiger partial charge < -0.3 is 10.1 Å². The summed E-state index contributed by atoms with van der Waals surface area (Å²) in [5.41, 5.74) is 0.578. The van der Waals surface area contributed by atoms with Crippen molar-refractivity contribution in [3.63, 3.8) is 0 Å². The predicted octanol–water partition coefficient (Wildman–Crippen LogP) is 0.385. The first-order chi connectivity index (χ1) is 4.37. The van der Waals surface area contributed by atoms with E-state index in [-0.39, 0.29) is 0 Å². The third-order valence-corrected chi connectivity index (χ3v) is 2.58. The van der Waals surface area contributed by atoms with Crippen molar-refractivity contribution in [1.29, 1.82) is 0 Å². The summed E-state index contributed by atoms with van der Waals surface area (Å²) in [4.78, 5) is 0. The Bertz CT molecular complexity index is 113. The smallest absolute Gasteiger partial charge is 0.0675 e. The number of ether oxygens (including phenoxy) is 1. The summed E-state index contributed by atoms with van der Waals surface area (Å²) in [7, 11) is 0. The van der Waals surface area contributed by atoms with E-state index in [9.17, 15) is 0 Å². The van der Waals surface area contributed by atoms with Gasteiger partial charge in [0.25, 0.3) is 0 Å². The van der Waals surface area contributed by atoms with Crippen LogP contribution in [0.2, 0.25) is 0 Å². The Morgan fingerprint density at radius 1 is 1.67 bits per heavy atom. The third kappa shape index (κ3) is 0.578. The molecule has 1 unspecified atom stereocenters. The van der Waals surface area contributed by atoms with Gasteiger partial charge in [0.2, 0.25) is 0 Å². The van der Waals surface area contributed by atoms with Gasteiger partial charge in [-0.1, -0.05) is 6.92 Å². The second-order valence-electron chi connectivity index (χ2n) is 3.17. The minimum Gasteiger partial charge on any atom is -0.377 e. The second kappa shape index (κ2) is 1.70. The van der Waals surface area contributed by atoms with Crippen molar-refractivity contribution in [2.45, 2.75) is 19.4 Å². The van der Waals surface area contributed by atoms with Crippen molar-refractivity contribution in [3.05, 3.63) is 0 Å². The molecule has 1 atom stereocenters. The molecule has 0 radical (unpaired) electrons. The van der Waals surface area contributed by atoms with Gasteiger partial charge in [-0.25, -0.2) is 0 Å². The summed E-state index contributed by atoms with van der Waals surface area (Å²) in [5.74, 6) is 0. The summed E-state index contributed by atoms with van der Waals surface area (Å²) < 4.78 is 5.40. The van der Waals surface area contributed by atoms with Crippen LogP contribution in [0.1, 0.15) is 13.3 Å². The van der Waals surface area contributed by atoms with E-state index in [4.69, 9.17) is 4.74 Å². The Balaban J connectivity index is 1.97. The highest BCUT2D eigenvalue weighted by Gasteiger charge is 2.51. The molecular weight excluding hydrogens is 114 g/mol. The van der Waals surface area contributed by atoms with Crippen LogP contribution in [0.25, 0.3) is 0 Å². The van der Waals surface area contributed by atoms with Gasteiger partial charge in [-0.3, -0.25) is 0 Å². The van der Waals surface area contributed by atoms with Gasteiger partial charge >= 0.3 is 0 Å². The summed E-state index contributed by atoms with van der Waals surface area (Å²) in [6, 6.07) is 0. The van der Waals surface area contributed by atoms with Gasteiger partial charge in [0.05, 0.1) is 12.7 Å². The molecule has 2 heteroatoms. The van der Waals surface area contributed by atoms with Crippen LogP contribution in [0, 0.1) is 5.41 Å². The van der Waals surface area contributed by atoms with Crippen LogP contribution in [0.5, 0.6) is 0 Å². The lowest BCUT2D eigenvalue weighted by Crippen LogP contribution is -2.69. The third-order valence-electron chi connectivity index (χ3n) is 2.58. The Hall–Kier alpha value is -0.0800. The molecular formula is C7H13NO. The summed E-state index contributed by atoms with van der Waals surface area (Å²) in [6.07, 6.45) is 1.75. The number of hydrogen-bond donors (Lipinski definition) is 1. The maximum atomic E-state index is 5.40. The van der Waals surface area contributed by atoms with E-state index in [1.165, 1.54) is 19.5 Å². The molecule has 9 heavy (non-hydrogen) atoms. The number of nitrogens with one attached hydrogen (secondary N) is 1. The van der Waals surface area contributed by atoms with Crippen molar-refractivity contribution in [2.24, 2.45) is 5.41 Å². The fourth-order valence-corrected chi connectivity index (χ4v) is 1.76. The Morgan fingerprint density at radius 3 is 2.56 bits per heavy atom. The van der Waals surface area contributed by atoms with E-state index < -0.39 is 0 Å². The highest BCUT2D eigenvalue weighted by Crippen LogP contribution is 2.39. The van der Waals surface area contributed by atoms with Crippen LogP contribution in [-0.2, 0) is 4.74 Å².